The Morgan fingerprint density at radius 1 is 1.50 bits per heavy atom. The molecule has 1 aliphatic heterocycles. The first kappa shape index (κ1) is 13.1. The van der Waals surface area contributed by atoms with Crippen LogP contribution in [0.5, 0.6) is 0 Å². The van der Waals surface area contributed by atoms with Crippen LogP contribution in [0.3, 0.4) is 0 Å². The number of methoxy groups -OCH3 is 1. The van der Waals surface area contributed by atoms with Crippen molar-refractivity contribution in [2.45, 2.75) is 12.3 Å². The van der Waals surface area contributed by atoms with Crippen LogP contribution < -0.4 is 0 Å². The van der Waals surface area contributed by atoms with E-state index in [-0.39, 0.29) is 17.4 Å². The van der Waals surface area contributed by atoms with Gasteiger partial charge in [0.05, 0.1) is 35.9 Å². The van der Waals surface area contributed by atoms with Crippen molar-refractivity contribution in [2.75, 3.05) is 18.6 Å². The summed E-state index contributed by atoms with van der Waals surface area (Å²) in [6.45, 7) is 0. The van der Waals surface area contributed by atoms with Gasteiger partial charge in [0.1, 0.15) is 5.82 Å². The summed E-state index contributed by atoms with van der Waals surface area (Å²) in [6.07, 6.45) is 3.95. The molecule has 0 bridgehead atoms. The quantitative estimate of drug-likeness (QED) is 0.773. The van der Waals surface area contributed by atoms with Gasteiger partial charge in [0.15, 0.2) is 9.84 Å². The molecule has 1 atom stereocenters. The van der Waals surface area contributed by atoms with Crippen molar-refractivity contribution in [2.24, 2.45) is 0 Å². The lowest BCUT2D eigenvalue weighted by Crippen LogP contribution is -2.08. The Balaban J connectivity index is 2.09. The van der Waals surface area contributed by atoms with E-state index in [0.29, 0.717) is 23.3 Å². The number of hydrogen-bond donors (Lipinski definition) is 0. The maximum absolute atomic E-state index is 11.7. The van der Waals surface area contributed by atoms with Gasteiger partial charge in [0.2, 0.25) is 0 Å². The molecule has 1 saturated heterocycles. The van der Waals surface area contributed by atoms with Crippen LogP contribution in [0.15, 0.2) is 24.5 Å². The van der Waals surface area contributed by atoms with E-state index in [9.17, 15) is 13.2 Å². The highest BCUT2D eigenvalue weighted by Gasteiger charge is 2.32. The zero-order valence-corrected chi connectivity index (χ0v) is 11.8. The van der Waals surface area contributed by atoms with Crippen molar-refractivity contribution < 1.29 is 17.9 Å². The normalized spacial score (nSPS) is 21.1. The van der Waals surface area contributed by atoms with Crippen LogP contribution in [0.2, 0.25) is 0 Å². The van der Waals surface area contributed by atoms with Gasteiger partial charge in [0.25, 0.3) is 0 Å². The molecule has 0 N–H and O–H groups in total. The van der Waals surface area contributed by atoms with Crippen LogP contribution >= 0.6 is 0 Å². The molecule has 6 nitrogen and oxygen atoms in total. The second-order valence-electron chi connectivity index (χ2n) is 4.89. The van der Waals surface area contributed by atoms with Gasteiger partial charge in [-0.1, -0.05) is 0 Å². The Kier molecular flexibility index (Phi) is 3.01. The fraction of sp³-hybridized carbons (Fsp3) is 0.385. The first-order valence-electron chi connectivity index (χ1n) is 6.26. The van der Waals surface area contributed by atoms with Gasteiger partial charge in [-0.3, -0.25) is 0 Å². The highest BCUT2D eigenvalue weighted by molar-refractivity contribution is 7.91. The molecule has 1 fully saturated rings. The van der Waals surface area contributed by atoms with E-state index >= 15 is 0 Å². The molecule has 106 valence electrons. The summed E-state index contributed by atoms with van der Waals surface area (Å²) in [5, 5.41) is 0. The molecule has 3 rings (SSSR count). The second kappa shape index (κ2) is 4.59. The Hall–Kier alpha value is -1.89. The van der Waals surface area contributed by atoms with Crippen LogP contribution in [-0.2, 0) is 14.6 Å². The van der Waals surface area contributed by atoms with Crippen molar-refractivity contribution in [1.82, 2.24) is 9.38 Å². The molecule has 0 spiro atoms. The first-order valence-corrected chi connectivity index (χ1v) is 8.08. The van der Waals surface area contributed by atoms with E-state index in [0.717, 1.165) is 0 Å². The van der Waals surface area contributed by atoms with Gasteiger partial charge < -0.3 is 9.14 Å². The number of imidazole rings is 1. The van der Waals surface area contributed by atoms with E-state index in [2.05, 4.69) is 4.98 Å². The predicted octanol–water partition coefficient (Wildman–Crippen LogP) is 1.02. The van der Waals surface area contributed by atoms with Gasteiger partial charge in [-0.15, -0.1) is 0 Å². The number of fused-ring (bicyclic) bond motifs is 1. The third-order valence-corrected chi connectivity index (χ3v) is 5.37. The largest absolute Gasteiger partial charge is 0.465 e. The van der Waals surface area contributed by atoms with Crippen molar-refractivity contribution >= 4 is 21.3 Å². The maximum atomic E-state index is 11.7. The van der Waals surface area contributed by atoms with Gasteiger partial charge in [-0.2, -0.15) is 0 Å². The van der Waals surface area contributed by atoms with E-state index in [4.69, 9.17) is 4.74 Å². The van der Waals surface area contributed by atoms with Crippen LogP contribution in [0.4, 0.5) is 0 Å². The lowest BCUT2D eigenvalue weighted by molar-refractivity contribution is 0.0602. The lowest BCUT2D eigenvalue weighted by Gasteiger charge is -2.08. The van der Waals surface area contributed by atoms with Gasteiger partial charge in [0, 0.05) is 12.1 Å². The fourth-order valence-electron chi connectivity index (χ4n) is 2.63. The molecule has 0 amide bonds. The molecule has 3 heterocycles. The van der Waals surface area contributed by atoms with Crippen molar-refractivity contribution in [3.63, 3.8) is 0 Å². The number of esters is 1. The molecule has 2 aromatic heterocycles. The van der Waals surface area contributed by atoms with E-state index in [1.165, 1.54) is 7.11 Å². The summed E-state index contributed by atoms with van der Waals surface area (Å²) in [5.41, 5.74) is 1.06. The molecule has 20 heavy (non-hydrogen) atoms. The Morgan fingerprint density at radius 3 is 2.95 bits per heavy atom. The molecule has 1 unspecified atom stereocenters. The number of nitrogens with zero attached hydrogens (tertiary/aromatic N) is 2. The molecular formula is C13H14N2O4S. The smallest absolute Gasteiger partial charge is 0.340 e. The maximum Gasteiger partial charge on any atom is 0.340 e. The average Bonchev–Trinajstić information content (AvgIpc) is 3.00. The molecule has 7 heteroatoms. The summed E-state index contributed by atoms with van der Waals surface area (Å²) in [7, 11) is -1.64. The zero-order chi connectivity index (χ0) is 14.3. The zero-order valence-electron chi connectivity index (χ0n) is 10.9. The van der Waals surface area contributed by atoms with Gasteiger partial charge in [-0.05, 0) is 18.6 Å². The molecular weight excluding hydrogens is 280 g/mol. The predicted molar refractivity (Wildman–Crippen MR) is 72.5 cm³/mol. The minimum absolute atomic E-state index is 0.115. The monoisotopic (exact) mass is 294 g/mol. The summed E-state index contributed by atoms with van der Waals surface area (Å²) < 4.78 is 29.7. The van der Waals surface area contributed by atoms with E-state index < -0.39 is 15.8 Å². The minimum atomic E-state index is -2.97. The van der Waals surface area contributed by atoms with Crippen LogP contribution in [0.25, 0.3) is 5.52 Å². The molecule has 2 aromatic rings. The number of carbonyl (C=O) groups excluding carboxylic acids is 1. The Morgan fingerprint density at radius 2 is 2.30 bits per heavy atom. The van der Waals surface area contributed by atoms with Crippen molar-refractivity contribution in [3.05, 3.63) is 35.9 Å². The molecule has 0 aromatic carbocycles. The molecule has 1 aliphatic rings. The summed E-state index contributed by atoms with van der Waals surface area (Å²) >= 11 is 0. The van der Waals surface area contributed by atoms with E-state index in [1.807, 2.05) is 0 Å². The number of ether oxygens (including phenoxy) is 1. The highest BCUT2D eigenvalue weighted by atomic mass is 32.2. The number of aromatic nitrogens is 2. The topological polar surface area (TPSA) is 77.7 Å². The first-order chi connectivity index (χ1) is 9.52. The number of pyridine rings is 1. The fourth-order valence-corrected chi connectivity index (χ4v) is 4.36. The van der Waals surface area contributed by atoms with Gasteiger partial charge in [-0.25, -0.2) is 18.2 Å². The molecule has 0 saturated carbocycles. The number of rotatable bonds is 2. The minimum Gasteiger partial charge on any atom is -0.465 e. The van der Waals surface area contributed by atoms with Crippen molar-refractivity contribution in [1.29, 1.82) is 0 Å². The van der Waals surface area contributed by atoms with Crippen LogP contribution in [0, 0.1) is 0 Å². The summed E-state index contributed by atoms with van der Waals surface area (Å²) in [6, 6.07) is 3.39. The summed E-state index contributed by atoms with van der Waals surface area (Å²) in [4.78, 5) is 16.0. The number of carbonyl (C=O) groups is 1. The number of sulfone groups is 1. The Labute approximate surface area is 116 Å². The van der Waals surface area contributed by atoms with Crippen LogP contribution in [0.1, 0.15) is 28.5 Å². The third kappa shape index (κ3) is 2.07. The Bertz CT molecular complexity index is 779. The standard InChI is InChI=1S/C13H14N2O4S/c1-19-13(16)10-3-2-5-15-11(10)7-14-12(15)9-4-6-20(17,18)8-9/h2-3,5,7,9H,4,6,8H2,1H3. The van der Waals surface area contributed by atoms with Crippen molar-refractivity contribution in [3.8, 4) is 0 Å². The lowest BCUT2D eigenvalue weighted by atomic mass is 10.1. The molecule has 0 aliphatic carbocycles. The van der Waals surface area contributed by atoms with Gasteiger partial charge >= 0.3 is 5.97 Å². The molecule has 0 radical (unpaired) electrons. The SMILES string of the molecule is COC(=O)c1cccn2c(C3CCS(=O)(=O)C3)ncc12. The second-order valence-corrected chi connectivity index (χ2v) is 7.11. The van der Waals surface area contributed by atoms with E-state index in [1.54, 1.807) is 28.9 Å². The summed E-state index contributed by atoms with van der Waals surface area (Å²) in [5.74, 6) is 0.459. The number of hydrogen-bond acceptors (Lipinski definition) is 5. The highest BCUT2D eigenvalue weighted by Crippen LogP contribution is 2.29. The average molecular weight is 294 g/mol. The third-order valence-electron chi connectivity index (χ3n) is 3.60. The van der Waals surface area contributed by atoms with Crippen LogP contribution in [-0.4, -0.2) is 42.4 Å².